The first-order valence-corrected chi connectivity index (χ1v) is 6.29. The van der Waals surface area contributed by atoms with Gasteiger partial charge < -0.3 is 5.32 Å². The van der Waals surface area contributed by atoms with Crippen LogP contribution in [0.5, 0.6) is 0 Å². The van der Waals surface area contributed by atoms with E-state index in [-0.39, 0.29) is 0 Å². The zero-order valence-corrected chi connectivity index (χ0v) is 9.92. The van der Waals surface area contributed by atoms with Crippen LogP contribution in [0.15, 0.2) is 0 Å². The lowest BCUT2D eigenvalue weighted by molar-refractivity contribution is 0.215. The molecule has 1 aliphatic carbocycles. The summed E-state index contributed by atoms with van der Waals surface area (Å²) in [5, 5.41) is 3.69. The van der Waals surface area contributed by atoms with Crippen LogP contribution in [0.25, 0.3) is 0 Å². The van der Waals surface area contributed by atoms with Crippen molar-refractivity contribution in [3.63, 3.8) is 0 Å². The van der Waals surface area contributed by atoms with E-state index in [2.05, 4.69) is 44.8 Å². The molecule has 0 amide bonds. The van der Waals surface area contributed by atoms with Gasteiger partial charge in [0.2, 0.25) is 0 Å². The average Bonchev–Trinajstić information content (AvgIpc) is 2.92. The SMILES string of the molecule is CCC(CC)([C]1[CH][CH][CH][CH]1)[C@@H]1CCCN1. The van der Waals surface area contributed by atoms with Crippen molar-refractivity contribution in [1.82, 2.24) is 5.32 Å². The van der Waals surface area contributed by atoms with Crippen molar-refractivity contribution in [3.8, 4) is 0 Å². The number of nitrogens with one attached hydrogen (secondary N) is 1. The van der Waals surface area contributed by atoms with E-state index in [0.717, 1.165) is 0 Å². The van der Waals surface area contributed by atoms with Crippen LogP contribution < -0.4 is 5.32 Å². The maximum Gasteiger partial charge on any atom is 0.0129 e. The predicted octanol–water partition coefficient (Wildman–Crippen LogP) is 2.95. The molecule has 2 rings (SSSR count). The third-order valence-electron chi connectivity index (χ3n) is 4.23. The fourth-order valence-electron chi connectivity index (χ4n) is 3.21. The molecule has 1 nitrogen and oxygen atoms in total. The van der Waals surface area contributed by atoms with Gasteiger partial charge in [-0.3, -0.25) is 0 Å². The molecular formula is C14H22N. The highest BCUT2D eigenvalue weighted by molar-refractivity contribution is 5.41. The molecule has 1 saturated heterocycles. The molecule has 2 aliphatic rings. The lowest BCUT2D eigenvalue weighted by atomic mass is 9.65. The van der Waals surface area contributed by atoms with Crippen molar-refractivity contribution in [1.29, 1.82) is 0 Å². The molecule has 0 bridgehead atoms. The minimum atomic E-state index is 0.375. The Morgan fingerprint density at radius 2 is 1.93 bits per heavy atom. The van der Waals surface area contributed by atoms with Gasteiger partial charge in [-0.1, -0.05) is 13.8 Å². The van der Waals surface area contributed by atoms with Gasteiger partial charge in [0.05, 0.1) is 0 Å². The van der Waals surface area contributed by atoms with Crippen LogP contribution in [0.4, 0.5) is 0 Å². The standard InChI is InChI=1S/C14H22N/c1-3-14(4-2,12-8-5-6-9-12)13-10-7-11-15-13/h5-6,8-9,13,15H,3-4,7,10-11H2,1-2H3/t13-/m0/s1. The lowest BCUT2D eigenvalue weighted by Crippen LogP contribution is -2.44. The molecular weight excluding hydrogens is 182 g/mol. The highest BCUT2D eigenvalue weighted by Crippen LogP contribution is 2.48. The average molecular weight is 204 g/mol. The van der Waals surface area contributed by atoms with E-state index in [1.807, 2.05) is 0 Å². The molecule has 1 N–H and O–H groups in total. The van der Waals surface area contributed by atoms with Crippen molar-refractivity contribution in [3.05, 3.63) is 31.6 Å². The van der Waals surface area contributed by atoms with Gasteiger partial charge >= 0.3 is 0 Å². The van der Waals surface area contributed by atoms with Gasteiger partial charge in [-0.2, -0.15) is 0 Å². The van der Waals surface area contributed by atoms with Crippen LogP contribution in [0.1, 0.15) is 39.5 Å². The van der Waals surface area contributed by atoms with Gasteiger partial charge in [0.1, 0.15) is 0 Å². The van der Waals surface area contributed by atoms with Gasteiger partial charge in [-0.25, -0.2) is 0 Å². The normalized spacial score (nSPS) is 28.8. The van der Waals surface area contributed by atoms with Crippen LogP contribution in [0.2, 0.25) is 0 Å². The Hall–Kier alpha value is -0.0400. The van der Waals surface area contributed by atoms with E-state index in [1.165, 1.54) is 38.1 Å². The molecule has 0 unspecified atom stereocenters. The maximum absolute atomic E-state index is 3.69. The largest absolute Gasteiger partial charge is 0.313 e. The first-order valence-electron chi connectivity index (χ1n) is 6.29. The second kappa shape index (κ2) is 4.86. The van der Waals surface area contributed by atoms with E-state index in [4.69, 9.17) is 0 Å². The van der Waals surface area contributed by atoms with E-state index < -0.39 is 0 Å². The third-order valence-corrected chi connectivity index (χ3v) is 4.23. The van der Waals surface area contributed by atoms with Crippen LogP contribution in [-0.2, 0) is 0 Å². The summed E-state index contributed by atoms with van der Waals surface area (Å²) < 4.78 is 0. The first kappa shape index (κ1) is 11.4. The Morgan fingerprint density at radius 1 is 1.27 bits per heavy atom. The van der Waals surface area contributed by atoms with Gasteiger partial charge in [-0.05, 0) is 69.2 Å². The van der Waals surface area contributed by atoms with Crippen molar-refractivity contribution in [2.45, 2.75) is 45.6 Å². The zero-order chi connectivity index (χ0) is 10.7. The summed E-state index contributed by atoms with van der Waals surface area (Å²) >= 11 is 0. The van der Waals surface area contributed by atoms with E-state index >= 15 is 0 Å². The Labute approximate surface area is 95.0 Å². The number of rotatable bonds is 4. The van der Waals surface area contributed by atoms with Crippen LogP contribution in [0.3, 0.4) is 0 Å². The van der Waals surface area contributed by atoms with Gasteiger partial charge in [0.25, 0.3) is 0 Å². The van der Waals surface area contributed by atoms with Crippen molar-refractivity contribution in [2.75, 3.05) is 6.54 Å². The molecule has 1 heteroatoms. The van der Waals surface area contributed by atoms with Crippen molar-refractivity contribution < 1.29 is 0 Å². The highest BCUT2D eigenvalue weighted by atomic mass is 15.0. The van der Waals surface area contributed by atoms with Crippen molar-refractivity contribution in [2.24, 2.45) is 5.41 Å². The molecule has 0 aromatic carbocycles. The zero-order valence-electron chi connectivity index (χ0n) is 9.92. The summed E-state index contributed by atoms with van der Waals surface area (Å²) in [6.45, 7) is 5.86. The molecule has 0 spiro atoms. The Bertz CT molecular complexity index is 166. The maximum atomic E-state index is 3.69. The molecule has 0 aromatic rings. The minimum absolute atomic E-state index is 0.375. The molecule has 1 saturated carbocycles. The lowest BCUT2D eigenvalue weighted by Gasteiger charge is -2.42. The highest BCUT2D eigenvalue weighted by Gasteiger charge is 2.44. The fraction of sp³-hybridized carbons (Fsp3) is 0.643. The summed E-state index contributed by atoms with van der Waals surface area (Å²) in [7, 11) is 0. The van der Waals surface area contributed by atoms with Crippen LogP contribution in [0, 0.1) is 37.0 Å². The Kier molecular flexibility index (Phi) is 3.71. The van der Waals surface area contributed by atoms with Crippen molar-refractivity contribution >= 4 is 0 Å². The van der Waals surface area contributed by atoms with E-state index in [1.54, 1.807) is 0 Å². The topological polar surface area (TPSA) is 12.0 Å². The summed E-state index contributed by atoms with van der Waals surface area (Å²) in [6.07, 6.45) is 14.1. The molecule has 1 heterocycles. The smallest absolute Gasteiger partial charge is 0.0129 e. The van der Waals surface area contributed by atoms with Crippen LogP contribution >= 0.6 is 0 Å². The second-order valence-electron chi connectivity index (χ2n) is 4.69. The molecule has 15 heavy (non-hydrogen) atoms. The molecule has 1 atom stereocenters. The molecule has 5 radical (unpaired) electrons. The summed E-state index contributed by atoms with van der Waals surface area (Å²) in [5.74, 6) is 1.53. The summed E-state index contributed by atoms with van der Waals surface area (Å²) in [5.41, 5.74) is 0.375. The third kappa shape index (κ3) is 1.95. The predicted molar refractivity (Wildman–Crippen MR) is 64.5 cm³/mol. The van der Waals surface area contributed by atoms with Crippen LogP contribution in [-0.4, -0.2) is 12.6 Å². The first-order chi connectivity index (χ1) is 7.33. The number of hydrogen-bond acceptors (Lipinski definition) is 1. The number of hydrogen-bond donors (Lipinski definition) is 1. The Balaban J connectivity index is 2.13. The Morgan fingerprint density at radius 3 is 2.40 bits per heavy atom. The quantitative estimate of drug-likeness (QED) is 0.742. The molecule has 83 valence electrons. The summed E-state index contributed by atoms with van der Waals surface area (Å²) in [6, 6.07) is 0.690. The minimum Gasteiger partial charge on any atom is -0.313 e. The van der Waals surface area contributed by atoms with Gasteiger partial charge in [-0.15, -0.1) is 0 Å². The monoisotopic (exact) mass is 204 g/mol. The molecule has 0 aromatic heterocycles. The molecule has 2 fully saturated rings. The second-order valence-corrected chi connectivity index (χ2v) is 4.69. The van der Waals surface area contributed by atoms with E-state index in [0.29, 0.717) is 11.5 Å². The van der Waals surface area contributed by atoms with Gasteiger partial charge in [0, 0.05) is 6.04 Å². The van der Waals surface area contributed by atoms with Gasteiger partial charge in [0.15, 0.2) is 0 Å². The van der Waals surface area contributed by atoms with E-state index in [9.17, 15) is 0 Å². The fourth-order valence-corrected chi connectivity index (χ4v) is 3.21. The summed E-state index contributed by atoms with van der Waals surface area (Å²) in [4.78, 5) is 0. The molecule has 1 aliphatic heterocycles.